The van der Waals surface area contributed by atoms with Crippen LogP contribution in [0.4, 0.5) is 0 Å². The minimum atomic E-state index is 1.16. The first-order valence-electron chi connectivity index (χ1n) is 17.9. The number of aromatic nitrogens is 2. The lowest BCUT2D eigenvalue weighted by atomic mass is 9.99. The molecule has 0 unspecified atom stereocenters. The second-order valence-corrected chi connectivity index (χ2v) is 13.4. The summed E-state index contributed by atoms with van der Waals surface area (Å²) in [5, 5.41) is 5.06. The van der Waals surface area contributed by atoms with E-state index in [9.17, 15) is 0 Å². The summed E-state index contributed by atoms with van der Waals surface area (Å²) in [6.45, 7) is 0. The molecule has 0 aliphatic heterocycles. The molecule has 0 fully saturated rings. The van der Waals surface area contributed by atoms with Gasteiger partial charge in [0, 0.05) is 32.8 Å². The number of benzene rings is 8. The van der Waals surface area contributed by atoms with Gasteiger partial charge in [-0.3, -0.25) is 0 Å². The number of nitrogens with zero attached hydrogens (tertiary/aromatic N) is 2. The van der Waals surface area contributed by atoms with Crippen LogP contribution in [-0.4, -0.2) is 9.13 Å². The standard InChI is InChI=1S/C50H34N2/c1-2-18-40(19-3-1)51-47-25-9-7-23-44(47)45-34-38(30-31-50(45)51)37-16-12-14-35(32-37)28-29-36-15-13-17-39(33-36)41-20-4-8-24-46(41)52-48-26-10-5-21-42(48)43-22-6-11-27-49(43)52/h1-34H. The van der Waals surface area contributed by atoms with Crippen molar-refractivity contribution in [3.8, 4) is 33.6 Å². The summed E-state index contributed by atoms with van der Waals surface area (Å²) in [6.07, 6.45) is 4.45. The molecule has 10 rings (SSSR count). The molecule has 8 aromatic carbocycles. The molecule has 2 aromatic heterocycles. The maximum absolute atomic E-state index is 2.41. The Morgan fingerprint density at radius 1 is 0.308 bits per heavy atom. The van der Waals surface area contributed by atoms with Gasteiger partial charge in [-0.15, -0.1) is 0 Å². The van der Waals surface area contributed by atoms with Gasteiger partial charge >= 0.3 is 0 Å². The number of fused-ring (bicyclic) bond motifs is 6. The fraction of sp³-hybridized carbons (Fsp3) is 0. The van der Waals surface area contributed by atoms with Crippen molar-refractivity contribution in [3.05, 3.63) is 205 Å². The summed E-state index contributed by atoms with van der Waals surface area (Å²) < 4.78 is 4.77. The topological polar surface area (TPSA) is 9.86 Å². The monoisotopic (exact) mass is 662 g/mol. The number of hydrogen-bond acceptors (Lipinski definition) is 0. The molecule has 0 aliphatic rings. The molecule has 2 nitrogen and oxygen atoms in total. The van der Waals surface area contributed by atoms with Crippen molar-refractivity contribution < 1.29 is 0 Å². The molecule has 2 heterocycles. The van der Waals surface area contributed by atoms with Crippen molar-refractivity contribution in [2.75, 3.05) is 0 Å². The maximum Gasteiger partial charge on any atom is 0.0541 e. The predicted octanol–water partition coefficient (Wildman–Crippen LogP) is 13.4. The SMILES string of the molecule is C(=Cc1cccc(-c2ccccc2-n2c3ccccc3c3ccccc32)c1)c1cccc(-c2ccc3c(c2)c2ccccc2n3-c2ccccc2)c1. The van der Waals surface area contributed by atoms with Crippen LogP contribution in [0, 0.1) is 0 Å². The van der Waals surface area contributed by atoms with Gasteiger partial charge in [0.05, 0.1) is 27.8 Å². The molecule has 0 radical (unpaired) electrons. The summed E-state index contributed by atoms with van der Waals surface area (Å²) in [6, 6.07) is 70.0. The molecule has 0 atom stereocenters. The summed E-state index contributed by atoms with van der Waals surface area (Å²) in [4.78, 5) is 0. The van der Waals surface area contributed by atoms with Crippen LogP contribution >= 0.6 is 0 Å². The third kappa shape index (κ3) is 5.04. The largest absolute Gasteiger partial charge is 0.309 e. The molecular weight excluding hydrogens is 629 g/mol. The highest BCUT2D eigenvalue weighted by Gasteiger charge is 2.16. The van der Waals surface area contributed by atoms with Crippen LogP contribution in [0.3, 0.4) is 0 Å². The third-order valence-electron chi connectivity index (χ3n) is 10.3. The van der Waals surface area contributed by atoms with Gasteiger partial charge in [-0.2, -0.15) is 0 Å². The van der Waals surface area contributed by atoms with E-state index in [1.165, 1.54) is 82.8 Å². The second kappa shape index (κ2) is 12.5. The van der Waals surface area contributed by atoms with E-state index in [1.807, 2.05) is 0 Å². The Bertz CT molecular complexity index is 2900. The molecule has 0 saturated heterocycles. The Kier molecular flexibility index (Phi) is 7.18. The fourth-order valence-corrected chi connectivity index (χ4v) is 7.93. The molecule has 0 amide bonds. The zero-order chi connectivity index (χ0) is 34.4. The minimum absolute atomic E-state index is 1.16. The van der Waals surface area contributed by atoms with Crippen LogP contribution in [0.5, 0.6) is 0 Å². The van der Waals surface area contributed by atoms with Gasteiger partial charge in [0.15, 0.2) is 0 Å². The van der Waals surface area contributed by atoms with Crippen LogP contribution < -0.4 is 0 Å². The van der Waals surface area contributed by atoms with Gasteiger partial charge in [-0.1, -0.05) is 146 Å². The van der Waals surface area contributed by atoms with Crippen molar-refractivity contribution in [1.29, 1.82) is 0 Å². The van der Waals surface area contributed by atoms with Gasteiger partial charge < -0.3 is 9.13 Å². The highest BCUT2D eigenvalue weighted by atomic mass is 15.0. The van der Waals surface area contributed by atoms with Crippen LogP contribution in [0.15, 0.2) is 194 Å². The van der Waals surface area contributed by atoms with Crippen molar-refractivity contribution in [2.24, 2.45) is 0 Å². The summed E-state index contributed by atoms with van der Waals surface area (Å²) in [5.41, 5.74) is 14.4. The Morgan fingerprint density at radius 3 is 1.50 bits per heavy atom. The van der Waals surface area contributed by atoms with Crippen LogP contribution in [-0.2, 0) is 0 Å². The highest BCUT2D eigenvalue weighted by molar-refractivity contribution is 6.11. The number of hydrogen-bond donors (Lipinski definition) is 0. The van der Waals surface area contributed by atoms with Crippen LogP contribution in [0.2, 0.25) is 0 Å². The van der Waals surface area contributed by atoms with Crippen molar-refractivity contribution >= 4 is 55.8 Å². The normalized spacial score (nSPS) is 11.8. The molecule has 0 spiro atoms. The first kappa shape index (κ1) is 30.0. The van der Waals surface area contributed by atoms with Crippen LogP contribution in [0.1, 0.15) is 11.1 Å². The molecular formula is C50H34N2. The first-order valence-corrected chi connectivity index (χ1v) is 17.9. The fourth-order valence-electron chi connectivity index (χ4n) is 7.93. The minimum Gasteiger partial charge on any atom is -0.309 e. The van der Waals surface area contributed by atoms with E-state index in [2.05, 4.69) is 215 Å². The van der Waals surface area contributed by atoms with Gasteiger partial charge in [-0.05, 0) is 88.5 Å². The van der Waals surface area contributed by atoms with E-state index >= 15 is 0 Å². The van der Waals surface area contributed by atoms with E-state index in [4.69, 9.17) is 0 Å². The molecule has 0 bridgehead atoms. The van der Waals surface area contributed by atoms with E-state index < -0.39 is 0 Å². The van der Waals surface area contributed by atoms with Crippen molar-refractivity contribution in [2.45, 2.75) is 0 Å². The molecule has 52 heavy (non-hydrogen) atoms. The zero-order valence-electron chi connectivity index (χ0n) is 28.5. The van der Waals surface area contributed by atoms with Gasteiger partial charge in [0.2, 0.25) is 0 Å². The van der Waals surface area contributed by atoms with E-state index in [-0.39, 0.29) is 0 Å². The Morgan fingerprint density at radius 2 is 0.808 bits per heavy atom. The summed E-state index contributed by atoms with van der Waals surface area (Å²) >= 11 is 0. The van der Waals surface area contributed by atoms with Gasteiger partial charge in [-0.25, -0.2) is 0 Å². The average Bonchev–Trinajstić information content (AvgIpc) is 3.73. The molecule has 10 aromatic rings. The van der Waals surface area contributed by atoms with Crippen molar-refractivity contribution in [3.63, 3.8) is 0 Å². The average molecular weight is 663 g/mol. The van der Waals surface area contributed by atoms with E-state index in [0.29, 0.717) is 0 Å². The summed E-state index contributed by atoms with van der Waals surface area (Å²) in [5.74, 6) is 0. The molecule has 244 valence electrons. The van der Waals surface area contributed by atoms with Crippen molar-refractivity contribution in [1.82, 2.24) is 9.13 Å². The smallest absolute Gasteiger partial charge is 0.0541 e. The quantitative estimate of drug-likeness (QED) is 0.157. The van der Waals surface area contributed by atoms with E-state index in [0.717, 1.165) is 5.56 Å². The first-order chi connectivity index (χ1) is 25.8. The predicted molar refractivity (Wildman–Crippen MR) is 221 cm³/mol. The highest BCUT2D eigenvalue weighted by Crippen LogP contribution is 2.37. The number of para-hydroxylation sites is 5. The zero-order valence-corrected chi connectivity index (χ0v) is 28.5. The lowest BCUT2D eigenvalue weighted by Crippen LogP contribution is -1.97. The second-order valence-electron chi connectivity index (χ2n) is 13.4. The number of rotatable bonds is 6. The van der Waals surface area contributed by atoms with Gasteiger partial charge in [0.1, 0.15) is 0 Å². The van der Waals surface area contributed by atoms with E-state index in [1.54, 1.807) is 0 Å². The van der Waals surface area contributed by atoms with Crippen LogP contribution in [0.25, 0.3) is 89.4 Å². The lowest BCUT2D eigenvalue weighted by molar-refractivity contribution is 1.18. The van der Waals surface area contributed by atoms with Gasteiger partial charge in [0.25, 0.3) is 0 Å². The Labute approximate surface area is 302 Å². The molecule has 0 saturated carbocycles. The summed E-state index contributed by atoms with van der Waals surface area (Å²) in [7, 11) is 0. The molecule has 0 N–H and O–H groups in total. The third-order valence-corrected chi connectivity index (χ3v) is 10.3. The molecule has 0 aliphatic carbocycles. The molecule has 2 heteroatoms. The lowest BCUT2D eigenvalue weighted by Gasteiger charge is -2.14. The Balaban J connectivity index is 0.996. The maximum atomic E-state index is 2.41. The Hall–Kier alpha value is -6.90.